The summed E-state index contributed by atoms with van der Waals surface area (Å²) < 4.78 is 0. The predicted molar refractivity (Wildman–Crippen MR) is 113 cm³/mol. The summed E-state index contributed by atoms with van der Waals surface area (Å²) in [7, 11) is 0. The number of likely N-dealkylation sites (tertiary alicyclic amines) is 1. The summed E-state index contributed by atoms with van der Waals surface area (Å²) >= 11 is 1.61. The summed E-state index contributed by atoms with van der Waals surface area (Å²) in [4.78, 5) is 31.6. The highest BCUT2D eigenvalue weighted by Gasteiger charge is 2.33. The van der Waals surface area contributed by atoms with Gasteiger partial charge < -0.3 is 15.5 Å². The van der Waals surface area contributed by atoms with Crippen LogP contribution in [-0.2, 0) is 16.0 Å². The fraction of sp³-hybridized carbons (Fsp3) is 0.500. The molecule has 2 saturated heterocycles. The minimum atomic E-state index is -0.120. The van der Waals surface area contributed by atoms with E-state index in [1.54, 1.807) is 11.3 Å². The van der Waals surface area contributed by atoms with Crippen molar-refractivity contribution in [1.82, 2.24) is 20.5 Å². The third-order valence-electron chi connectivity index (χ3n) is 6.00. The minimum absolute atomic E-state index is 0.0306. The van der Waals surface area contributed by atoms with Crippen molar-refractivity contribution in [3.8, 4) is 0 Å². The van der Waals surface area contributed by atoms with Gasteiger partial charge in [0.05, 0.1) is 12.1 Å². The monoisotopic (exact) mass is 412 g/mol. The highest BCUT2D eigenvalue weighted by molar-refractivity contribution is 7.08. The first-order chi connectivity index (χ1) is 14.2. The Balaban J connectivity index is 1.26. The van der Waals surface area contributed by atoms with Gasteiger partial charge in [-0.15, -0.1) is 0 Å². The fourth-order valence-corrected chi connectivity index (χ4v) is 4.96. The van der Waals surface area contributed by atoms with Gasteiger partial charge in [0.15, 0.2) is 0 Å². The van der Waals surface area contributed by atoms with E-state index in [9.17, 15) is 9.59 Å². The summed E-state index contributed by atoms with van der Waals surface area (Å²) in [5.74, 6) is 0.255. The third-order valence-corrected chi connectivity index (χ3v) is 6.70. The molecule has 0 unspecified atom stereocenters. The van der Waals surface area contributed by atoms with Crippen molar-refractivity contribution in [1.29, 1.82) is 0 Å². The quantitative estimate of drug-likeness (QED) is 0.765. The fourth-order valence-electron chi connectivity index (χ4n) is 4.26. The normalized spacial score (nSPS) is 23.5. The van der Waals surface area contributed by atoms with Gasteiger partial charge in [0.1, 0.15) is 0 Å². The van der Waals surface area contributed by atoms with Crippen molar-refractivity contribution in [2.45, 2.75) is 44.2 Å². The summed E-state index contributed by atoms with van der Waals surface area (Å²) in [6, 6.07) is 7.90. The van der Waals surface area contributed by atoms with E-state index in [4.69, 9.17) is 0 Å². The van der Waals surface area contributed by atoms with Gasteiger partial charge in [-0.1, -0.05) is 6.07 Å². The first-order valence-electron chi connectivity index (χ1n) is 10.4. The van der Waals surface area contributed by atoms with Gasteiger partial charge in [0.2, 0.25) is 11.8 Å². The summed E-state index contributed by atoms with van der Waals surface area (Å²) in [5.41, 5.74) is 2.20. The van der Waals surface area contributed by atoms with Crippen molar-refractivity contribution in [2.75, 3.05) is 19.6 Å². The van der Waals surface area contributed by atoms with Crippen molar-refractivity contribution in [3.05, 3.63) is 52.5 Å². The molecule has 2 N–H and O–H groups in total. The number of aromatic nitrogens is 1. The molecule has 0 bridgehead atoms. The Labute approximate surface area is 175 Å². The van der Waals surface area contributed by atoms with Crippen LogP contribution in [0.1, 0.15) is 43.0 Å². The van der Waals surface area contributed by atoms with Gasteiger partial charge in [0, 0.05) is 37.2 Å². The second-order valence-corrected chi connectivity index (χ2v) is 8.72. The lowest BCUT2D eigenvalue weighted by molar-refractivity contribution is -0.130. The van der Waals surface area contributed by atoms with Crippen LogP contribution in [0.4, 0.5) is 0 Å². The van der Waals surface area contributed by atoms with Crippen LogP contribution in [0, 0.1) is 5.92 Å². The topological polar surface area (TPSA) is 74.3 Å². The van der Waals surface area contributed by atoms with Crippen molar-refractivity contribution >= 4 is 23.2 Å². The average Bonchev–Trinajstić information content (AvgIpc) is 3.29. The molecule has 0 aromatic carbocycles. The molecule has 2 aromatic heterocycles. The largest absolute Gasteiger partial charge is 0.351 e. The van der Waals surface area contributed by atoms with E-state index in [0.29, 0.717) is 12.8 Å². The van der Waals surface area contributed by atoms with Crippen LogP contribution in [0.3, 0.4) is 0 Å². The number of thiophene rings is 1. The predicted octanol–water partition coefficient (Wildman–Crippen LogP) is 2.53. The molecule has 4 heterocycles. The van der Waals surface area contributed by atoms with Crippen LogP contribution >= 0.6 is 11.3 Å². The molecule has 2 aromatic rings. The zero-order valence-electron chi connectivity index (χ0n) is 16.5. The van der Waals surface area contributed by atoms with Crippen LogP contribution in [0.5, 0.6) is 0 Å². The van der Waals surface area contributed by atoms with E-state index in [0.717, 1.165) is 50.2 Å². The minimum Gasteiger partial charge on any atom is -0.351 e. The molecule has 29 heavy (non-hydrogen) atoms. The van der Waals surface area contributed by atoms with Crippen molar-refractivity contribution in [2.24, 2.45) is 5.92 Å². The van der Waals surface area contributed by atoms with Crippen molar-refractivity contribution in [3.63, 3.8) is 0 Å². The SMILES string of the molecule is O=C1CC[C@@H](NC(=O)C2CCN(CCc3ccccn3)CC2)[C@H](c2ccsc2)N1. The van der Waals surface area contributed by atoms with Gasteiger partial charge in [-0.05, 0) is 66.9 Å². The molecule has 0 spiro atoms. The Hall–Kier alpha value is -2.25. The standard InChI is InChI=1S/C22H28N4O2S/c27-20-5-4-19(21(25-20)17-9-14-29-15-17)24-22(28)16-6-11-26(12-7-16)13-8-18-3-1-2-10-23-18/h1-3,9-10,14-16,19,21H,4-8,11-13H2,(H,24,28)(H,25,27)/t19-,21+/m1/s1. The summed E-state index contributed by atoms with van der Waals surface area (Å²) in [5, 5.41) is 10.4. The van der Waals surface area contributed by atoms with E-state index in [2.05, 4.69) is 32.0 Å². The Morgan fingerprint density at radius 1 is 1.24 bits per heavy atom. The second-order valence-electron chi connectivity index (χ2n) is 7.94. The molecule has 6 nitrogen and oxygen atoms in total. The first-order valence-corrected chi connectivity index (χ1v) is 11.4. The van der Waals surface area contributed by atoms with Crippen LogP contribution in [0.15, 0.2) is 41.2 Å². The van der Waals surface area contributed by atoms with E-state index in [-0.39, 0.29) is 29.8 Å². The highest BCUT2D eigenvalue weighted by Crippen LogP contribution is 2.27. The molecule has 7 heteroatoms. The number of pyridine rings is 1. The summed E-state index contributed by atoms with van der Waals surface area (Å²) in [6.07, 6.45) is 5.72. The van der Waals surface area contributed by atoms with E-state index in [1.165, 1.54) is 0 Å². The lowest BCUT2D eigenvalue weighted by Gasteiger charge is -2.35. The number of hydrogen-bond acceptors (Lipinski definition) is 5. The van der Waals surface area contributed by atoms with Gasteiger partial charge in [0.25, 0.3) is 0 Å². The van der Waals surface area contributed by atoms with Crippen LogP contribution in [0.25, 0.3) is 0 Å². The average molecular weight is 413 g/mol. The van der Waals surface area contributed by atoms with Crippen molar-refractivity contribution < 1.29 is 9.59 Å². The van der Waals surface area contributed by atoms with Crippen LogP contribution < -0.4 is 10.6 Å². The molecule has 4 rings (SSSR count). The number of nitrogens with one attached hydrogen (secondary N) is 2. The maximum atomic E-state index is 12.9. The molecule has 0 radical (unpaired) electrons. The number of carbonyl (C=O) groups is 2. The molecule has 2 amide bonds. The number of hydrogen-bond donors (Lipinski definition) is 2. The summed E-state index contributed by atoms with van der Waals surface area (Å²) in [6.45, 7) is 2.88. The van der Waals surface area contributed by atoms with E-state index >= 15 is 0 Å². The molecule has 154 valence electrons. The third kappa shape index (κ3) is 5.22. The lowest BCUT2D eigenvalue weighted by Crippen LogP contribution is -2.52. The molecule has 2 aliphatic rings. The molecular weight excluding hydrogens is 384 g/mol. The Bertz CT molecular complexity index is 803. The maximum absolute atomic E-state index is 12.9. The molecular formula is C22H28N4O2S. The van der Waals surface area contributed by atoms with E-state index < -0.39 is 0 Å². The van der Waals surface area contributed by atoms with Gasteiger partial charge in [-0.25, -0.2) is 0 Å². The Morgan fingerprint density at radius 2 is 2.10 bits per heavy atom. The van der Waals surface area contributed by atoms with Crippen LogP contribution in [0.2, 0.25) is 0 Å². The molecule has 2 atom stereocenters. The zero-order chi connectivity index (χ0) is 20.1. The van der Waals surface area contributed by atoms with Crippen LogP contribution in [-0.4, -0.2) is 47.4 Å². The first kappa shape index (κ1) is 20.0. The highest BCUT2D eigenvalue weighted by atomic mass is 32.1. The Morgan fingerprint density at radius 3 is 2.83 bits per heavy atom. The molecule has 0 aliphatic carbocycles. The maximum Gasteiger partial charge on any atom is 0.223 e. The van der Waals surface area contributed by atoms with E-state index in [1.807, 2.05) is 29.8 Å². The number of carbonyl (C=O) groups excluding carboxylic acids is 2. The van der Waals surface area contributed by atoms with Gasteiger partial charge >= 0.3 is 0 Å². The molecule has 2 fully saturated rings. The van der Waals surface area contributed by atoms with Gasteiger partial charge in [-0.2, -0.15) is 11.3 Å². The van der Waals surface area contributed by atoms with Gasteiger partial charge in [-0.3, -0.25) is 14.6 Å². The number of nitrogens with zero attached hydrogens (tertiary/aromatic N) is 2. The number of rotatable bonds is 6. The zero-order valence-corrected chi connectivity index (χ0v) is 17.4. The number of piperidine rings is 2. The lowest BCUT2D eigenvalue weighted by atomic mass is 9.91. The molecule has 0 saturated carbocycles. The molecule has 2 aliphatic heterocycles. The second kappa shape index (κ2) is 9.50. The smallest absolute Gasteiger partial charge is 0.223 e. The number of amides is 2. The Kier molecular flexibility index (Phi) is 6.56.